The van der Waals surface area contributed by atoms with Crippen LogP contribution in [0.4, 0.5) is 16.2 Å². The molecule has 3 N–H and O–H groups in total. The first-order chi connectivity index (χ1) is 10.2. The topological polar surface area (TPSA) is 79.5 Å². The van der Waals surface area contributed by atoms with E-state index in [0.717, 1.165) is 19.4 Å². The largest absolute Gasteiger partial charge is 0.450 e. The molecule has 1 saturated heterocycles. The lowest BCUT2D eigenvalue weighted by Gasteiger charge is -2.11. The third-order valence-electron chi connectivity index (χ3n) is 3.28. The van der Waals surface area contributed by atoms with Gasteiger partial charge in [0.05, 0.1) is 6.61 Å². The van der Waals surface area contributed by atoms with Crippen molar-refractivity contribution in [3.8, 4) is 0 Å². The third-order valence-corrected chi connectivity index (χ3v) is 3.28. The Kier molecular flexibility index (Phi) is 5.57. The van der Waals surface area contributed by atoms with Gasteiger partial charge in [0.2, 0.25) is 5.91 Å². The maximum absolute atomic E-state index is 11.9. The number of benzene rings is 1. The molecular weight excluding hydrogens is 270 g/mol. The zero-order chi connectivity index (χ0) is 15.1. The Morgan fingerprint density at radius 2 is 1.90 bits per heavy atom. The Labute approximate surface area is 124 Å². The first-order valence-electron chi connectivity index (χ1n) is 7.24. The van der Waals surface area contributed by atoms with Gasteiger partial charge in [-0.25, -0.2) is 4.79 Å². The molecule has 0 saturated carbocycles. The van der Waals surface area contributed by atoms with Gasteiger partial charge in [-0.15, -0.1) is 0 Å². The molecule has 1 aromatic carbocycles. The molecule has 1 unspecified atom stereocenters. The number of amides is 2. The van der Waals surface area contributed by atoms with Crippen LogP contribution in [0.15, 0.2) is 24.3 Å². The van der Waals surface area contributed by atoms with E-state index in [1.807, 2.05) is 0 Å². The van der Waals surface area contributed by atoms with Crippen molar-refractivity contribution in [1.82, 2.24) is 5.32 Å². The molecule has 6 heteroatoms. The van der Waals surface area contributed by atoms with Gasteiger partial charge in [0, 0.05) is 23.8 Å². The Morgan fingerprint density at radius 1 is 1.24 bits per heavy atom. The van der Waals surface area contributed by atoms with Gasteiger partial charge >= 0.3 is 6.09 Å². The number of carbonyl (C=O) groups excluding carboxylic acids is 2. The van der Waals surface area contributed by atoms with Gasteiger partial charge in [-0.3, -0.25) is 10.1 Å². The predicted molar refractivity (Wildman–Crippen MR) is 81.4 cm³/mol. The van der Waals surface area contributed by atoms with Crippen LogP contribution in [0.1, 0.15) is 26.2 Å². The molecule has 1 aliphatic rings. The molecule has 0 aliphatic carbocycles. The van der Waals surface area contributed by atoms with Gasteiger partial charge in [0.25, 0.3) is 0 Å². The lowest BCUT2D eigenvalue weighted by molar-refractivity contribution is -0.116. The molecule has 1 heterocycles. The van der Waals surface area contributed by atoms with Crippen molar-refractivity contribution in [1.29, 1.82) is 0 Å². The van der Waals surface area contributed by atoms with E-state index in [1.165, 1.54) is 0 Å². The highest BCUT2D eigenvalue weighted by Gasteiger charge is 2.17. The number of hydrogen-bond donors (Lipinski definition) is 3. The average Bonchev–Trinajstić information content (AvgIpc) is 2.94. The van der Waals surface area contributed by atoms with Gasteiger partial charge in [0.15, 0.2) is 0 Å². The summed E-state index contributed by atoms with van der Waals surface area (Å²) in [6, 6.07) is 7.23. The standard InChI is InChI=1S/C15H21N3O3/c1-2-21-15(20)18-12-7-5-11(6-8-12)17-14(19)10-13-4-3-9-16-13/h5-8,13,16H,2-4,9-10H2,1H3,(H,17,19)(H,18,20). The molecule has 1 fully saturated rings. The smallest absolute Gasteiger partial charge is 0.411 e. The van der Waals surface area contributed by atoms with Crippen LogP contribution in [0.5, 0.6) is 0 Å². The summed E-state index contributed by atoms with van der Waals surface area (Å²) in [6.07, 6.45) is 2.19. The van der Waals surface area contributed by atoms with Crippen LogP contribution in [0.2, 0.25) is 0 Å². The van der Waals surface area contributed by atoms with Crippen LogP contribution < -0.4 is 16.0 Å². The molecule has 114 valence electrons. The Hall–Kier alpha value is -2.08. The van der Waals surface area contributed by atoms with Crippen molar-refractivity contribution in [2.45, 2.75) is 32.2 Å². The summed E-state index contributed by atoms with van der Waals surface area (Å²) in [5.74, 6) is 0.000465. The fourth-order valence-electron chi connectivity index (χ4n) is 2.29. The number of carbonyl (C=O) groups is 2. The number of hydrogen-bond acceptors (Lipinski definition) is 4. The first kappa shape index (κ1) is 15.3. The van der Waals surface area contributed by atoms with E-state index >= 15 is 0 Å². The number of rotatable bonds is 5. The van der Waals surface area contributed by atoms with Crippen molar-refractivity contribution in [3.63, 3.8) is 0 Å². The van der Waals surface area contributed by atoms with Gasteiger partial charge in [-0.05, 0) is 50.6 Å². The van der Waals surface area contributed by atoms with E-state index in [9.17, 15) is 9.59 Å². The van der Waals surface area contributed by atoms with E-state index in [-0.39, 0.29) is 11.9 Å². The van der Waals surface area contributed by atoms with E-state index in [2.05, 4.69) is 16.0 Å². The minimum absolute atomic E-state index is 0.000465. The van der Waals surface area contributed by atoms with Crippen molar-refractivity contribution in [2.75, 3.05) is 23.8 Å². The van der Waals surface area contributed by atoms with Crippen LogP contribution >= 0.6 is 0 Å². The van der Waals surface area contributed by atoms with Gasteiger partial charge < -0.3 is 15.4 Å². The Morgan fingerprint density at radius 3 is 2.48 bits per heavy atom. The zero-order valence-electron chi connectivity index (χ0n) is 12.1. The molecule has 0 spiro atoms. The van der Waals surface area contributed by atoms with Crippen LogP contribution in [-0.4, -0.2) is 31.2 Å². The highest BCUT2D eigenvalue weighted by Crippen LogP contribution is 2.15. The van der Waals surface area contributed by atoms with E-state index in [4.69, 9.17) is 4.74 Å². The summed E-state index contributed by atoms with van der Waals surface area (Å²) in [7, 11) is 0. The average molecular weight is 291 g/mol. The maximum atomic E-state index is 11.9. The number of ether oxygens (including phenoxy) is 1. The molecule has 0 aromatic heterocycles. The summed E-state index contributed by atoms with van der Waals surface area (Å²) in [4.78, 5) is 23.1. The van der Waals surface area contributed by atoms with E-state index in [0.29, 0.717) is 24.4 Å². The number of anilines is 2. The number of nitrogens with one attached hydrogen (secondary N) is 3. The molecule has 6 nitrogen and oxygen atoms in total. The van der Waals surface area contributed by atoms with Crippen molar-refractivity contribution < 1.29 is 14.3 Å². The molecule has 21 heavy (non-hydrogen) atoms. The lowest BCUT2D eigenvalue weighted by Crippen LogP contribution is -2.27. The van der Waals surface area contributed by atoms with Crippen molar-refractivity contribution in [2.24, 2.45) is 0 Å². The summed E-state index contributed by atoms with van der Waals surface area (Å²) in [5, 5.41) is 8.74. The summed E-state index contributed by atoms with van der Waals surface area (Å²) in [6.45, 7) is 3.07. The van der Waals surface area contributed by atoms with Gasteiger partial charge in [-0.1, -0.05) is 0 Å². The van der Waals surface area contributed by atoms with Crippen molar-refractivity contribution in [3.05, 3.63) is 24.3 Å². The predicted octanol–water partition coefficient (Wildman–Crippen LogP) is 2.34. The molecular formula is C15H21N3O3. The molecule has 1 aliphatic heterocycles. The highest BCUT2D eigenvalue weighted by molar-refractivity contribution is 5.91. The highest BCUT2D eigenvalue weighted by atomic mass is 16.5. The minimum atomic E-state index is -0.485. The maximum Gasteiger partial charge on any atom is 0.411 e. The quantitative estimate of drug-likeness (QED) is 0.778. The fraction of sp³-hybridized carbons (Fsp3) is 0.467. The second-order valence-electron chi connectivity index (χ2n) is 4.97. The molecule has 0 radical (unpaired) electrons. The Balaban J connectivity index is 1.81. The van der Waals surface area contributed by atoms with Crippen molar-refractivity contribution >= 4 is 23.4 Å². The molecule has 0 bridgehead atoms. The molecule has 2 amide bonds. The minimum Gasteiger partial charge on any atom is -0.450 e. The van der Waals surface area contributed by atoms with Crippen LogP contribution in [0, 0.1) is 0 Å². The lowest BCUT2D eigenvalue weighted by atomic mass is 10.1. The van der Waals surface area contributed by atoms with Crippen LogP contribution in [0.3, 0.4) is 0 Å². The molecule has 2 rings (SSSR count). The van der Waals surface area contributed by atoms with E-state index < -0.39 is 6.09 Å². The summed E-state index contributed by atoms with van der Waals surface area (Å²) in [5.41, 5.74) is 1.34. The summed E-state index contributed by atoms with van der Waals surface area (Å²) < 4.78 is 4.79. The first-order valence-corrected chi connectivity index (χ1v) is 7.24. The fourth-order valence-corrected chi connectivity index (χ4v) is 2.29. The SMILES string of the molecule is CCOC(=O)Nc1ccc(NC(=O)CC2CCCN2)cc1. The zero-order valence-corrected chi connectivity index (χ0v) is 12.1. The second-order valence-corrected chi connectivity index (χ2v) is 4.97. The van der Waals surface area contributed by atoms with Crippen LogP contribution in [-0.2, 0) is 9.53 Å². The monoisotopic (exact) mass is 291 g/mol. The van der Waals surface area contributed by atoms with Gasteiger partial charge in [-0.2, -0.15) is 0 Å². The van der Waals surface area contributed by atoms with E-state index in [1.54, 1.807) is 31.2 Å². The normalized spacial score (nSPS) is 17.3. The van der Waals surface area contributed by atoms with Gasteiger partial charge in [0.1, 0.15) is 0 Å². The Bertz CT molecular complexity index is 481. The van der Waals surface area contributed by atoms with Crippen LogP contribution in [0.25, 0.3) is 0 Å². The second kappa shape index (κ2) is 7.64. The molecule has 1 aromatic rings. The summed E-state index contributed by atoms with van der Waals surface area (Å²) >= 11 is 0. The third kappa shape index (κ3) is 5.07. The molecule has 1 atom stereocenters.